The maximum absolute atomic E-state index is 5.90. The molecular formula is C9H13ClN2O. The van der Waals surface area contributed by atoms with Gasteiger partial charge in [-0.2, -0.15) is 4.98 Å². The highest BCUT2D eigenvalue weighted by atomic mass is 35.5. The Morgan fingerprint density at radius 2 is 2.08 bits per heavy atom. The summed E-state index contributed by atoms with van der Waals surface area (Å²) in [5.41, 5.74) is 0.795. The Kier molecular flexibility index (Phi) is 3.48. The van der Waals surface area contributed by atoms with Crippen molar-refractivity contribution in [3.8, 4) is 5.88 Å². The number of hydrogen-bond donors (Lipinski definition) is 0. The van der Waals surface area contributed by atoms with Gasteiger partial charge in [0.05, 0.1) is 7.11 Å². The van der Waals surface area contributed by atoms with Crippen molar-refractivity contribution in [1.82, 2.24) is 9.97 Å². The topological polar surface area (TPSA) is 35.0 Å². The van der Waals surface area contributed by atoms with Crippen molar-refractivity contribution in [2.45, 2.75) is 26.7 Å². The van der Waals surface area contributed by atoms with Crippen LogP contribution in [0.2, 0.25) is 5.15 Å². The number of methoxy groups -OCH3 is 1. The summed E-state index contributed by atoms with van der Waals surface area (Å²) < 4.78 is 5.08. The molecular weight excluding hydrogens is 188 g/mol. The van der Waals surface area contributed by atoms with E-state index in [9.17, 15) is 0 Å². The lowest BCUT2D eigenvalue weighted by molar-refractivity contribution is 0.391. The lowest BCUT2D eigenvalue weighted by atomic mass is 10.3. The Morgan fingerprint density at radius 3 is 2.62 bits per heavy atom. The van der Waals surface area contributed by atoms with Crippen LogP contribution in [0.15, 0.2) is 0 Å². The van der Waals surface area contributed by atoms with E-state index in [1.807, 2.05) is 6.92 Å². The molecule has 1 heterocycles. The predicted molar refractivity (Wildman–Crippen MR) is 52.3 cm³/mol. The highest BCUT2D eigenvalue weighted by Crippen LogP contribution is 2.21. The fourth-order valence-electron chi connectivity index (χ4n) is 1.05. The molecule has 0 bridgehead atoms. The predicted octanol–water partition coefficient (Wildman–Crippen LogP) is 2.40. The van der Waals surface area contributed by atoms with Crippen LogP contribution in [-0.4, -0.2) is 17.1 Å². The highest BCUT2D eigenvalue weighted by Gasteiger charge is 2.08. The molecule has 0 aliphatic carbocycles. The molecule has 0 fully saturated rings. The van der Waals surface area contributed by atoms with Crippen molar-refractivity contribution >= 4 is 11.6 Å². The van der Waals surface area contributed by atoms with E-state index in [0.717, 1.165) is 24.2 Å². The Balaban J connectivity index is 3.06. The maximum Gasteiger partial charge on any atom is 0.220 e. The average molecular weight is 201 g/mol. The number of halogens is 1. The molecule has 0 saturated heterocycles. The Morgan fingerprint density at radius 1 is 1.38 bits per heavy atom. The first-order valence-electron chi connectivity index (χ1n) is 4.26. The summed E-state index contributed by atoms with van der Waals surface area (Å²) in [7, 11) is 1.58. The number of aromatic nitrogens is 2. The minimum atomic E-state index is 0.482. The van der Waals surface area contributed by atoms with Gasteiger partial charge in [-0.25, -0.2) is 4.98 Å². The SMILES string of the molecule is CCCc1nc(Cl)c(C)c(OC)n1. The molecule has 3 nitrogen and oxygen atoms in total. The normalized spacial score (nSPS) is 10.2. The Bertz CT molecular complexity index is 302. The molecule has 0 aromatic carbocycles. The molecule has 0 amide bonds. The van der Waals surface area contributed by atoms with Crippen molar-refractivity contribution in [3.63, 3.8) is 0 Å². The van der Waals surface area contributed by atoms with Crippen molar-refractivity contribution in [3.05, 3.63) is 16.5 Å². The molecule has 13 heavy (non-hydrogen) atoms. The van der Waals surface area contributed by atoms with Gasteiger partial charge in [0.15, 0.2) is 0 Å². The van der Waals surface area contributed by atoms with Gasteiger partial charge in [0.25, 0.3) is 0 Å². The first-order valence-corrected chi connectivity index (χ1v) is 4.63. The second kappa shape index (κ2) is 4.42. The lowest BCUT2D eigenvalue weighted by Crippen LogP contribution is -2.00. The monoisotopic (exact) mass is 200 g/mol. The van der Waals surface area contributed by atoms with Gasteiger partial charge >= 0.3 is 0 Å². The quantitative estimate of drug-likeness (QED) is 0.703. The molecule has 1 rings (SSSR count). The molecule has 0 unspecified atom stereocenters. The molecule has 1 aromatic rings. The first kappa shape index (κ1) is 10.3. The van der Waals surface area contributed by atoms with Crippen LogP contribution in [-0.2, 0) is 6.42 Å². The van der Waals surface area contributed by atoms with E-state index in [2.05, 4.69) is 16.9 Å². The van der Waals surface area contributed by atoms with Crippen LogP contribution in [0.4, 0.5) is 0 Å². The second-order valence-corrected chi connectivity index (χ2v) is 3.17. The van der Waals surface area contributed by atoms with Crippen LogP contribution >= 0.6 is 11.6 Å². The van der Waals surface area contributed by atoms with Gasteiger partial charge < -0.3 is 4.74 Å². The van der Waals surface area contributed by atoms with E-state index in [1.165, 1.54) is 0 Å². The molecule has 0 atom stereocenters. The summed E-state index contributed by atoms with van der Waals surface area (Å²) in [4.78, 5) is 8.37. The van der Waals surface area contributed by atoms with E-state index in [-0.39, 0.29) is 0 Å². The average Bonchev–Trinajstić information content (AvgIpc) is 2.11. The summed E-state index contributed by atoms with van der Waals surface area (Å²) in [6.07, 6.45) is 1.83. The molecule has 0 spiro atoms. The maximum atomic E-state index is 5.90. The van der Waals surface area contributed by atoms with Crippen molar-refractivity contribution in [1.29, 1.82) is 0 Å². The van der Waals surface area contributed by atoms with Crippen molar-refractivity contribution in [2.24, 2.45) is 0 Å². The summed E-state index contributed by atoms with van der Waals surface area (Å²) in [6, 6.07) is 0. The van der Waals surface area contributed by atoms with E-state index in [0.29, 0.717) is 11.0 Å². The zero-order valence-electron chi connectivity index (χ0n) is 8.09. The number of hydrogen-bond acceptors (Lipinski definition) is 3. The summed E-state index contributed by atoms with van der Waals surface area (Å²) in [5, 5.41) is 0.482. The molecule has 0 saturated carbocycles. The number of ether oxygens (including phenoxy) is 1. The lowest BCUT2D eigenvalue weighted by Gasteiger charge is -2.06. The largest absolute Gasteiger partial charge is 0.481 e. The summed E-state index contributed by atoms with van der Waals surface area (Å²) in [5.74, 6) is 1.32. The van der Waals surface area contributed by atoms with Crippen molar-refractivity contribution in [2.75, 3.05) is 7.11 Å². The van der Waals surface area contributed by atoms with E-state index >= 15 is 0 Å². The fraction of sp³-hybridized carbons (Fsp3) is 0.556. The molecule has 72 valence electrons. The number of nitrogens with zero attached hydrogens (tertiary/aromatic N) is 2. The standard InChI is InChI=1S/C9H13ClN2O/c1-4-5-7-11-8(10)6(2)9(12-7)13-3/h4-5H2,1-3H3. The van der Waals surface area contributed by atoms with Crippen LogP contribution in [0.3, 0.4) is 0 Å². The van der Waals surface area contributed by atoms with Gasteiger partial charge in [-0.1, -0.05) is 18.5 Å². The Hall–Kier alpha value is -0.830. The van der Waals surface area contributed by atoms with Crippen LogP contribution in [0.5, 0.6) is 5.88 Å². The molecule has 0 aliphatic heterocycles. The minimum absolute atomic E-state index is 0.482. The van der Waals surface area contributed by atoms with E-state index in [1.54, 1.807) is 7.11 Å². The Labute approximate surface area is 83.1 Å². The van der Waals surface area contributed by atoms with Gasteiger partial charge in [-0.3, -0.25) is 0 Å². The van der Waals surface area contributed by atoms with Crippen LogP contribution < -0.4 is 4.74 Å². The summed E-state index contributed by atoms with van der Waals surface area (Å²) in [6.45, 7) is 3.92. The minimum Gasteiger partial charge on any atom is -0.481 e. The van der Waals surface area contributed by atoms with Gasteiger partial charge in [0, 0.05) is 12.0 Å². The fourth-order valence-corrected chi connectivity index (χ4v) is 1.22. The summed E-state index contributed by atoms with van der Waals surface area (Å²) >= 11 is 5.90. The zero-order valence-corrected chi connectivity index (χ0v) is 8.85. The zero-order chi connectivity index (χ0) is 9.84. The van der Waals surface area contributed by atoms with Gasteiger partial charge in [0.2, 0.25) is 5.88 Å². The van der Waals surface area contributed by atoms with Gasteiger partial charge in [0.1, 0.15) is 11.0 Å². The van der Waals surface area contributed by atoms with Gasteiger partial charge in [-0.15, -0.1) is 0 Å². The molecule has 0 aliphatic rings. The third-order valence-electron chi connectivity index (χ3n) is 1.76. The van der Waals surface area contributed by atoms with E-state index < -0.39 is 0 Å². The van der Waals surface area contributed by atoms with Gasteiger partial charge in [-0.05, 0) is 13.3 Å². The highest BCUT2D eigenvalue weighted by molar-refractivity contribution is 6.30. The van der Waals surface area contributed by atoms with Crippen molar-refractivity contribution < 1.29 is 4.74 Å². The number of aryl methyl sites for hydroxylation is 1. The second-order valence-electron chi connectivity index (χ2n) is 2.81. The first-order chi connectivity index (χ1) is 6.19. The van der Waals surface area contributed by atoms with Crippen LogP contribution in [0.1, 0.15) is 24.7 Å². The molecule has 0 N–H and O–H groups in total. The van der Waals surface area contributed by atoms with Crippen LogP contribution in [0.25, 0.3) is 0 Å². The molecule has 1 aromatic heterocycles. The smallest absolute Gasteiger partial charge is 0.220 e. The third-order valence-corrected chi connectivity index (χ3v) is 2.12. The van der Waals surface area contributed by atoms with Crippen LogP contribution in [0, 0.1) is 6.92 Å². The van der Waals surface area contributed by atoms with E-state index in [4.69, 9.17) is 16.3 Å². The molecule has 0 radical (unpaired) electrons. The third kappa shape index (κ3) is 2.31. The number of rotatable bonds is 3. The molecule has 4 heteroatoms.